The van der Waals surface area contributed by atoms with E-state index in [4.69, 9.17) is 0 Å². The van der Waals surface area contributed by atoms with E-state index in [0.29, 0.717) is 0 Å². The predicted octanol–water partition coefficient (Wildman–Crippen LogP) is -6.53. The first-order valence-electron chi connectivity index (χ1n) is 0. The number of halogens is 2. The maximum atomic E-state index is 0. The fourth-order valence-corrected chi connectivity index (χ4v) is 0. The summed E-state index contributed by atoms with van der Waals surface area (Å²) in [4.78, 5) is 0. The van der Waals surface area contributed by atoms with Crippen molar-refractivity contribution in [3.8, 4) is 0 Å². The van der Waals surface area contributed by atoms with Gasteiger partial charge in [0.25, 0.3) is 0 Å². The SMILES string of the molecule is [H-].[H-].[I-].[I-].[Mg+2].[Mg+2]. The van der Waals surface area contributed by atoms with E-state index in [-0.39, 0.29) is 96.9 Å². The fourth-order valence-electron chi connectivity index (χ4n) is 0. The second kappa shape index (κ2) is 16.7. The Kier molecular flexibility index (Phi) is 117. The first-order chi connectivity index (χ1) is 0. The molecule has 0 N–H and O–H groups in total. The summed E-state index contributed by atoms with van der Waals surface area (Å²) in [6, 6.07) is 0. The van der Waals surface area contributed by atoms with Crippen LogP contribution in [0.15, 0.2) is 0 Å². The Morgan fingerprint density at radius 3 is 0.750 bits per heavy atom. The van der Waals surface area contributed by atoms with Gasteiger partial charge in [-0.1, -0.05) is 0 Å². The average molecular weight is 304 g/mol. The molecule has 0 aliphatic rings. The van der Waals surface area contributed by atoms with Crippen LogP contribution in [0.3, 0.4) is 0 Å². The third-order valence-corrected chi connectivity index (χ3v) is 0. The standard InChI is InChI=1S/2HI.2Mg.2H/h2*1H;;;;/q;;2*+2;2*-1/p-2. The molecular formula is H2I2Mg2. The van der Waals surface area contributed by atoms with E-state index in [0.717, 1.165) is 0 Å². The van der Waals surface area contributed by atoms with Gasteiger partial charge in [0, 0.05) is 0 Å². The molecular weight excluding hydrogens is 302 g/mol. The summed E-state index contributed by atoms with van der Waals surface area (Å²) in [6.07, 6.45) is 0. The van der Waals surface area contributed by atoms with E-state index in [9.17, 15) is 0 Å². The maximum absolute atomic E-state index is 0. The zero-order valence-electron chi connectivity index (χ0n) is 4.17. The molecule has 0 aromatic carbocycles. The van der Waals surface area contributed by atoms with Crippen molar-refractivity contribution in [1.29, 1.82) is 0 Å². The van der Waals surface area contributed by atoms with Crippen LogP contribution < -0.4 is 48.0 Å². The van der Waals surface area contributed by atoms with Crippen molar-refractivity contribution in [2.24, 2.45) is 0 Å². The van der Waals surface area contributed by atoms with E-state index in [1.807, 2.05) is 0 Å². The van der Waals surface area contributed by atoms with Crippen LogP contribution in [0, 0.1) is 0 Å². The van der Waals surface area contributed by atoms with Crippen LogP contribution in [0.2, 0.25) is 0 Å². The molecule has 0 fully saturated rings. The molecule has 0 spiro atoms. The second-order valence-electron chi connectivity index (χ2n) is 0. The second-order valence-corrected chi connectivity index (χ2v) is 0. The monoisotopic (exact) mass is 304 g/mol. The van der Waals surface area contributed by atoms with Crippen LogP contribution in [0.25, 0.3) is 0 Å². The van der Waals surface area contributed by atoms with Crippen molar-refractivity contribution in [2.45, 2.75) is 0 Å². The van der Waals surface area contributed by atoms with E-state index in [2.05, 4.69) is 0 Å². The van der Waals surface area contributed by atoms with Crippen LogP contribution in [0.1, 0.15) is 2.85 Å². The first kappa shape index (κ1) is 28.0. The van der Waals surface area contributed by atoms with E-state index < -0.39 is 0 Å². The molecule has 20 valence electrons. The van der Waals surface area contributed by atoms with E-state index in [1.165, 1.54) is 0 Å². The molecule has 0 nitrogen and oxygen atoms in total. The molecule has 0 heterocycles. The van der Waals surface area contributed by atoms with Crippen LogP contribution in [-0.2, 0) is 0 Å². The van der Waals surface area contributed by atoms with Crippen molar-refractivity contribution in [1.82, 2.24) is 0 Å². The van der Waals surface area contributed by atoms with Crippen molar-refractivity contribution in [3.05, 3.63) is 0 Å². The van der Waals surface area contributed by atoms with Crippen LogP contribution in [0.4, 0.5) is 0 Å². The zero-order valence-corrected chi connectivity index (χ0v) is 9.31. The van der Waals surface area contributed by atoms with Crippen molar-refractivity contribution >= 4 is 46.1 Å². The Morgan fingerprint density at radius 1 is 0.750 bits per heavy atom. The molecule has 0 aliphatic carbocycles. The summed E-state index contributed by atoms with van der Waals surface area (Å²) in [5.41, 5.74) is 0. The quantitative estimate of drug-likeness (QED) is 0.308. The molecule has 0 saturated heterocycles. The molecule has 0 radical (unpaired) electrons. The molecule has 0 atom stereocenters. The van der Waals surface area contributed by atoms with Crippen molar-refractivity contribution in [3.63, 3.8) is 0 Å². The van der Waals surface area contributed by atoms with Gasteiger partial charge in [-0.2, -0.15) is 0 Å². The third kappa shape index (κ3) is 8.89. The van der Waals surface area contributed by atoms with Crippen molar-refractivity contribution < 1.29 is 50.8 Å². The third-order valence-electron chi connectivity index (χ3n) is 0. The van der Waals surface area contributed by atoms with E-state index in [1.54, 1.807) is 0 Å². The Labute approximate surface area is 95.2 Å². The van der Waals surface area contributed by atoms with Crippen LogP contribution in [0.5, 0.6) is 0 Å². The summed E-state index contributed by atoms with van der Waals surface area (Å²) in [6.45, 7) is 0. The van der Waals surface area contributed by atoms with Crippen molar-refractivity contribution in [2.75, 3.05) is 0 Å². The van der Waals surface area contributed by atoms with Gasteiger partial charge in [0.15, 0.2) is 0 Å². The Hall–Kier alpha value is 2.99. The minimum atomic E-state index is 0. The molecule has 0 aromatic rings. The molecule has 4 heteroatoms. The van der Waals surface area contributed by atoms with Gasteiger partial charge < -0.3 is 50.8 Å². The summed E-state index contributed by atoms with van der Waals surface area (Å²) in [5.74, 6) is 0. The molecule has 4 heavy (non-hydrogen) atoms. The zero-order chi connectivity index (χ0) is 0. The van der Waals surface area contributed by atoms with Gasteiger partial charge in [0.1, 0.15) is 0 Å². The molecule has 0 bridgehead atoms. The predicted molar refractivity (Wildman–Crippen MR) is 13.7 cm³/mol. The summed E-state index contributed by atoms with van der Waals surface area (Å²) < 4.78 is 0. The summed E-state index contributed by atoms with van der Waals surface area (Å²) in [5, 5.41) is 0. The fraction of sp³-hybridized carbons (Fsp3) is 0. The Balaban J connectivity index is 0. The topological polar surface area (TPSA) is 0 Å². The largest absolute Gasteiger partial charge is 2.00 e. The number of hydrogen-bond donors (Lipinski definition) is 0. The van der Waals surface area contributed by atoms with Gasteiger partial charge in [-0.3, -0.25) is 0 Å². The van der Waals surface area contributed by atoms with E-state index >= 15 is 0 Å². The smallest absolute Gasteiger partial charge is 1.00 e. The molecule has 0 rings (SSSR count). The van der Waals surface area contributed by atoms with Crippen LogP contribution >= 0.6 is 0 Å². The summed E-state index contributed by atoms with van der Waals surface area (Å²) in [7, 11) is 0. The van der Waals surface area contributed by atoms with Crippen LogP contribution in [-0.4, -0.2) is 46.1 Å². The van der Waals surface area contributed by atoms with Gasteiger partial charge in [-0.05, 0) is 0 Å². The molecule has 0 saturated carbocycles. The molecule has 0 unspecified atom stereocenters. The molecule has 0 amide bonds. The number of rotatable bonds is 0. The molecule has 0 aliphatic heterocycles. The normalized spacial score (nSPS) is 0. The first-order valence-corrected chi connectivity index (χ1v) is 0. The minimum absolute atomic E-state index is 0. The average Bonchev–Trinajstić information content (AvgIpc) is 0. The maximum Gasteiger partial charge on any atom is 2.00 e. The summed E-state index contributed by atoms with van der Waals surface area (Å²) >= 11 is 0. The Bertz CT molecular complexity index is 9.51. The van der Waals surface area contributed by atoms with Gasteiger partial charge in [0.2, 0.25) is 0 Å². The van der Waals surface area contributed by atoms with Gasteiger partial charge >= 0.3 is 46.1 Å². The van der Waals surface area contributed by atoms with Gasteiger partial charge in [0.05, 0.1) is 0 Å². The molecule has 0 aromatic heterocycles. The minimum Gasteiger partial charge on any atom is -1.00 e. The van der Waals surface area contributed by atoms with Gasteiger partial charge in [-0.25, -0.2) is 0 Å². The number of hydrogen-bond acceptors (Lipinski definition) is 0. The van der Waals surface area contributed by atoms with Gasteiger partial charge in [-0.15, -0.1) is 0 Å². The Morgan fingerprint density at radius 2 is 0.750 bits per heavy atom.